The van der Waals surface area contributed by atoms with Gasteiger partial charge in [-0.25, -0.2) is 4.39 Å². The molecule has 0 bridgehead atoms. The van der Waals surface area contributed by atoms with Crippen molar-refractivity contribution in [3.63, 3.8) is 0 Å². The molecule has 94 valence electrons. The number of carboxylic acid groups (broad SMARTS) is 1. The van der Waals surface area contributed by atoms with E-state index in [1.165, 1.54) is 25.1 Å². The Morgan fingerprint density at radius 3 is 2.78 bits per heavy atom. The summed E-state index contributed by atoms with van der Waals surface area (Å²) in [5, 5.41) is 11.2. The lowest BCUT2D eigenvalue weighted by atomic mass is 10.0. The van der Waals surface area contributed by atoms with Crippen LogP contribution in [0, 0.1) is 17.7 Å². The van der Waals surface area contributed by atoms with Gasteiger partial charge in [0.2, 0.25) is 5.91 Å². The zero-order valence-electron chi connectivity index (χ0n) is 9.79. The molecule has 1 amide bonds. The lowest BCUT2D eigenvalue weighted by molar-refractivity contribution is -0.136. The number of nitrogens with one attached hydrogen (secondary N) is 1. The summed E-state index contributed by atoms with van der Waals surface area (Å²) in [5.74, 6) is 3.58. The Labute approximate surface area is 104 Å². The first-order valence-corrected chi connectivity index (χ1v) is 5.22. The summed E-state index contributed by atoms with van der Waals surface area (Å²) in [7, 11) is 0. The van der Waals surface area contributed by atoms with Crippen molar-refractivity contribution in [3.05, 3.63) is 35.1 Å². The molecule has 0 saturated carbocycles. The van der Waals surface area contributed by atoms with E-state index in [0.717, 1.165) is 0 Å². The highest BCUT2D eigenvalue weighted by Crippen LogP contribution is 2.11. The summed E-state index contributed by atoms with van der Waals surface area (Å²) >= 11 is 0. The maximum absolute atomic E-state index is 13.0. The maximum atomic E-state index is 13.0. The van der Waals surface area contributed by atoms with Gasteiger partial charge >= 0.3 is 5.97 Å². The number of halogens is 1. The number of carboxylic acids is 1. The number of benzene rings is 1. The predicted molar refractivity (Wildman–Crippen MR) is 63.3 cm³/mol. The van der Waals surface area contributed by atoms with Gasteiger partial charge in [0.15, 0.2) is 0 Å². The zero-order chi connectivity index (χ0) is 13.5. The molecular formula is C13H12FNO3. The summed E-state index contributed by atoms with van der Waals surface area (Å²) in [4.78, 5) is 21.2. The highest BCUT2D eigenvalue weighted by atomic mass is 19.1. The molecule has 2 N–H and O–H groups in total. The summed E-state index contributed by atoms with van der Waals surface area (Å²) < 4.78 is 13.0. The van der Waals surface area contributed by atoms with Gasteiger partial charge in [-0.2, -0.15) is 0 Å². The molecular weight excluding hydrogens is 237 g/mol. The van der Waals surface area contributed by atoms with Crippen molar-refractivity contribution in [1.29, 1.82) is 0 Å². The average Bonchev–Trinajstić information content (AvgIpc) is 2.27. The molecule has 0 aliphatic rings. The van der Waals surface area contributed by atoms with Crippen LogP contribution in [0.15, 0.2) is 18.2 Å². The van der Waals surface area contributed by atoms with E-state index >= 15 is 0 Å². The van der Waals surface area contributed by atoms with Crippen LogP contribution in [0.1, 0.15) is 18.1 Å². The molecule has 5 heteroatoms. The molecule has 0 aliphatic carbocycles. The average molecular weight is 249 g/mol. The molecule has 0 radical (unpaired) electrons. The van der Waals surface area contributed by atoms with Gasteiger partial charge in [-0.3, -0.25) is 9.59 Å². The second kappa shape index (κ2) is 6.40. The third-order valence-corrected chi connectivity index (χ3v) is 2.06. The van der Waals surface area contributed by atoms with E-state index in [9.17, 15) is 14.0 Å². The second-order valence-electron chi connectivity index (χ2n) is 3.58. The molecule has 4 nitrogen and oxygen atoms in total. The van der Waals surface area contributed by atoms with Gasteiger partial charge in [0.05, 0.1) is 13.0 Å². The van der Waals surface area contributed by atoms with Crippen molar-refractivity contribution in [1.82, 2.24) is 5.32 Å². The van der Waals surface area contributed by atoms with Crippen molar-refractivity contribution >= 4 is 11.9 Å². The van der Waals surface area contributed by atoms with Crippen LogP contribution in [0.2, 0.25) is 0 Å². The van der Waals surface area contributed by atoms with E-state index in [0.29, 0.717) is 11.1 Å². The van der Waals surface area contributed by atoms with E-state index in [1.807, 2.05) is 0 Å². The molecule has 1 aromatic carbocycles. The monoisotopic (exact) mass is 249 g/mol. The van der Waals surface area contributed by atoms with Crippen molar-refractivity contribution in [2.75, 3.05) is 6.54 Å². The zero-order valence-corrected chi connectivity index (χ0v) is 9.79. The van der Waals surface area contributed by atoms with Gasteiger partial charge in [-0.1, -0.05) is 17.9 Å². The Balaban J connectivity index is 2.87. The minimum atomic E-state index is -1.01. The van der Waals surface area contributed by atoms with E-state index in [1.54, 1.807) is 0 Å². The predicted octanol–water partition coefficient (Wildman–Crippen LogP) is 0.940. The van der Waals surface area contributed by atoms with Gasteiger partial charge in [-0.15, -0.1) is 0 Å². The molecule has 0 unspecified atom stereocenters. The first-order valence-electron chi connectivity index (χ1n) is 5.22. The van der Waals surface area contributed by atoms with Crippen LogP contribution in [-0.4, -0.2) is 23.5 Å². The quantitative estimate of drug-likeness (QED) is 0.783. The fourth-order valence-corrected chi connectivity index (χ4v) is 1.29. The Hall–Kier alpha value is -2.35. The first kappa shape index (κ1) is 13.7. The molecule has 0 atom stereocenters. The molecule has 0 spiro atoms. The van der Waals surface area contributed by atoms with Crippen molar-refractivity contribution in [3.8, 4) is 11.8 Å². The minimum absolute atomic E-state index is 0.137. The molecule has 18 heavy (non-hydrogen) atoms. The van der Waals surface area contributed by atoms with Gasteiger partial charge in [-0.05, 0) is 17.7 Å². The molecule has 1 rings (SSSR count). The minimum Gasteiger partial charge on any atom is -0.481 e. The molecule has 1 aromatic rings. The van der Waals surface area contributed by atoms with Crippen LogP contribution in [0.5, 0.6) is 0 Å². The first-order chi connectivity index (χ1) is 8.49. The van der Waals surface area contributed by atoms with Gasteiger partial charge < -0.3 is 10.4 Å². The fourth-order valence-electron chi connectivity index (χ4n) is 1.29. The van der Waals surface area contributed by atoms with Crippen molar-refractivity contribution in [2.24, 2.45) is 0 Å². The fraction of sp³-hybridized carbons (Fsp3) is 0.231. The summed E-state index contributed by atoms with van der Waals surface area (Å²) in [6, 6.07) is 3.77. The third kappa shape index (κ3) is 4.66. The topological polar surface area (TPSA) is 66.4 Å². The van der Waals surface area contributed by atoms with Crippen LogP contribution < -0.4 is 5.32 Å². The Morgan fingerprint density at radius 1 is 1.44 bits per heavy atom. The largest absolute Gasteiger partial charge is 0.481 e. The molecule has 0 fully saturated rings. The summed E-state index contributed by atoms with van der Waals surface area (Å²) in [6.45, 7) is 1.50. The van der Waals surface area contributed by atoms with Gasteiger partial charge in [0, 0.05) is 12.5 Å². The van der Waals surface area contributed by atoms with Crippen LogP contribution in [0.25, 0.3) is 0 Å². The smallest absolute Gasteiger partial charge is 0.307 e. The van der Waals surface area contributed by atoms with Crippen molar-refractivity contribution < 1.29 is 19.1 Å². The molecule has 0 heterocycles. The number of carbonyl (C=O) groups excluding carboxylic acids is 1. The Kier molecular flexibility index (Phi) is 4.88. The number of aliphatic carboxylic acids is 1. The van der Waals surface area contributed by atoms with Crippen molar-refractivity contribution in [2.45, 2.75) is 13.3 Å². The van der Waals surface area contributed by atoms with E-state index in [-0.39, 0.29) is 18.9 Å². The highest BCUT2D eigenvalue weighted by Gasteiger charge is 2.06. The van der Waals surface area contributed by atoms with Crippen LogP contribution >= 0.6 is 0 Å². The Bertz CT molecular complexity index is 529. The summed E-state index contributed by atoms with van der Waals surface area (Å²) in [6.07, 6.45) is -0.218. The van der Waals surface area contributed by atoms with E-state index in [4.69, 9.17) is 5.11 Å². The summed E-state index contributed by atoms with van der Waals surface area (Å²) in [5.41, 5.74) is 0.766. The second-order valence-corrected chi connectivity index (χ2v) is 3.58. The maximum Gasteiger partial charge on any atom is 0.307 e. The molecule has 0 aliphatic heterocycles. The number of rotatable bonds is 3. The van der Waals surface area contributed by atoms with E-state index < -0.39 is 11.8 Å². The standard InChI is InChI=1S/C13H12FNO3/c1-9(16)15-6-2-3-10-7-12(14)5-4-11(10)8-13(17)18/h4-5,7H,6,8H2,1H3,(H,15,16)(H,17,18). The molecule has 0 aromatic heterocycles. The normalized spacial score (nSPS) is 9.22. The van der Waals surface area contributed by atoms with Gasteiger partial charge in [0.25, 0.3) is 0 Å². The van der Waals surface area contributed by atoms with E-state index in [2.05, 4.69) is 17.2 Å². The number of amides is 1. The molecule has 0 saturated heterocycles. The number of hydrogen-bond acceptors (Lipinski definition) is 2. The van der Waals surface area contributed by atoms with Crippen LogP contribution in [0.3, 0.4) is 0 Å². The lowest BCUT2D eigenvalue weighted by Gasteiger charge is -2.01. The highest BCUT2D eigenvalue weighted by molar-refractivity contribution is 5.73. The SMILES string of the molecule is CC(=O)NCC#Cc1cc(F)ccc1CC(=O)O. The van der Waals surface area contributed by atoms with Gasteiger partial charge in [0.1, 0.15) is 5.82 Å². The van der Waals surface area contributed by atoms with Crippen LogP contribution in [0.4, 0.5) is 4.39 Å². The number of carbonyl (C=O) groups is 2. The Morgan fingerprint density at radius 2 is 2.17 bits per heavy atom. The lowest BCUT2D eigenvalue weighted by Crippen LogP contribution is -2.19. The van der Waals surface area contributed by atoms with Crippen LogP contribution in [-0.2, 0) is 16.0 Å². The third-order valence-electron chi connectivity index (χ3n) is 2.06. The number of hydrogen-bond donors (Lipinski definition) is 2.